The van der Waals surface area contributed by atoms with Crippen molar-refractivity contribution in [2.45, 2.75) is 32.1 Å². The number of hydrogen-bond acceptors (Lipinski definition) is 6. The first-order chi connectivity index (χ1) is 15.9. The van der Waals surface area contributed by atoms with Crippen molar-refractivity contribution in [1.29, 1.82) is 0 Å². The van der Waals surface area contributed by atoms with Gasteiger partial charge in [-0.05, 0) is 30.2 Å². The van der Waals surface area contributed by atoms with Crippen LogP contribution in [0.15, 0.2) is 46.2 Å². The molecule has 0 spiro atoms. The molecule has 1 fully saturated rings. The highest BCUT2D eigenvalue weighted by Gasteiger charge is 2.24. The summed E-state index contributed by atoms with van der Waals surface area (Å²) in [6, 6.07) is 8.41. The first kappa shape index (κ1) is 23.8. The molecule has 10 heteroatoms. The van der Waals surface area contributed by atoms with Crippen molar-refractivity contribution < 1.29 is 13.6 Å². The molecule has 0 atom stereocenters. The maximum Gasteiger partial charge on any atom is 0.233 e. The third-order valence-corrected chi connectivity index (χ3v) is 6.80. The highest BCUT2D eigenvalue weighted by atomic mass is 35.5. The molecule has 0 aliphatic carbocycles. The van der Waals surface area contributed by atoms with Crippen LogP contribution in [0, 0.1) is 11.7 Å². The number of amides is 1. The minimum Gasteiger partial charge on any atom is -0.461 e. The number of halogens is 2. The molecule has 0 radical (unpaired) electrons. The molecule has 3 aromatic rings. The Morgan fingerprint density at radius 3 is 2.64 bits per heavy atom. The molecule has 0 unspecified atom stereocenters. The van der Waals surface area contributed by atoms with E-state index in [1.54, 1.807) is 18.4 Å². The van der Waals surface area contributed by atoms with Gasteiger partial charge >= 0.3 is 0 Å². The zero-order chi connectivity index (χ0) is 23.4. The molecule has 176 valence electrons. The molecule has 33 heavy (non-hydrogen) atoms. The van der Waals surface area contributed by atoms with E-state index >= 15 is 0 Å². The lowest BCUT2D eigenvalue weighted by Gasteiger charge is -2.34. The lowest BCUT2D eigenvalue weighted by atomic mass is 10.2. The molecule has 2 aromatic heterocycles. The Morgan fingerprint density at radius 2 is 1.97 bits per heavy atom. The number of thioether (sulfide) groups is 1. The standard InChI is InChI=1S/C23H27ClFN5O2S/c1-16(2)13-30-22(20-7-4-12-32-20)26-27-23(30)33-15-21(31)29-10-8-28(9-11-29)14-17-18(24)5-3-6-19(17)25/h3-7,12,16H,8-11,13-15H2,1-2H3. The monoisotopic (exact) mass is 491 g/mol. The van der Waals surface area contributed by atoms with Gasteiger partial charge in [-0.15, -0.1) is 10.2 Å². The van der Waals surface area contributed by atoms with Crippen LogP contribution in [0.25, 0.3) is 11.6 Å². The summed E-state index contributed by atoms with van der Waals surface area (Å²) in [6.07, 6.45) is 1.61. The Bertz CT molecular complexity index is 1060. The molecule has 1 aliphatic heterocycles. The lowest BCUT2D eigenvalue weighted by molar-refractivity contribution is -0.130. The molecule has 7 nitrogen and oxygen atoms in total. The van der Waals surface area contributed by atoms with Gasteiger partial charge in [0, 0.05) is 49.9 Å². The first-order valence-electron chi connectivity index (χ1n) is 10.9. The Kier molecular flexibility index (Phi) is 7.72. The van der Waals surface area contributed by atoms with Gasteiger partial charge in [0.25, 0.3) is 0 Å². The van der Waals surface area contributed by atoms with Crippen molar-refractivity contribution in [1.82, 2.24) is 24.6 Å². The summed E-state index contributed by atoms with van der Waals surface area (Å²) in [4.78, 5) is 16.8. The van der Waals surface area contributed by atoms with E-state index in [4.69, 9.17) is 16.0 Å². The molecule has 1 saturated heterocycles. The second kappa shape index (κ2) is 10.7. The number of carbonyl (C=O) groups excluding carboxylic acids is 1. The Balaban J connectivity index is 1.33. The molecule has 1 aliphatic rings. The van der Waals surface area contributed by atoms with E-state index in [0.717, 1.165) is 6.54 Å². The smallest absolute Gasteiger partial charge is 0.233 e. The van der Waals surface area contributed by atoms with Crippen LogP contribution in [0.2, 0.25) is 5.02 Å². The fourth-order valence-corrected chi connectivity index (χ4v) is 4.87. The van der Waals surface area contributed by atoms with E-state index in [1.807, 2.05) is 21.6 Å². The molecule has 1 aromatic carbocycles. The van der Waals surface area contributed by atoms with E-state index < -0.39 is 0 Å². The summed E-state index contributed by atoms with van der Waals surface area (Å²) < 4.78 is 21.6. The van der Waals surface area contributed by atoms with Gasteiger partial charge in [0.15, 0.2) is 16.7 Å². The molecule has 1 amide bonds. The van der Waals surface area contributed by atoms with Gasteiger partial charge in [0.05, 0.1) is 12.0 Å². The molecular weight excluding hydrogens is 465 g/mol. The van der Waals surface area contributed by atoms with Crippen LogP contribution in [0.3, 0.4) is 0 Å². The Morgan fingerprint density at radius 1 is 1.18 bits per heavy atom. The summed E-state index contributed by atoms with van der Waals surface area (Å²) in [5.74, 6) is 1.77. The van der Waals surface area contributed by atoms with Gasteiger partial charge in [-0.25, -0.2) is 4.39 Å². The summed E-state index contributed by atoms with van der Waals surface area (Å²) in [5, 5.41) is 9.74. The van der Waals surface area contributed by atoms with Gasteiger partial charge in [0.1, 0.15) is 5.82 Å². The van der Waals surface area contributed by atoms with Crippen molar-refractivity contribution in [2.75, 3.05) is 31.9 Å². The maximum atomic E-state index is 14.1. The van der Waals surface area contributed by atoms with Gasteiger partial charge in [-0.1, -0.05) is 43.3 Å². The van der Waals surface area contributed by atoms with Crippen LogP contribution < -0.4 is 0 Å². The number of furan rings is 1. The van der Waals surface area contributed by atoms with Gasteiger partial charge in [0.2, 0.25) is 5.91 Å². The average molecular weight is 492 g/mol. The third-order valence-electron chi connectivity index (χ3n) is 5.50. The zero-order valence-corrected chi connectivity index (χ0v) is 20.3. The summed E-state index contributed by atoms with van der Waals surface area (Å²) in [7, 11) is 0. The maximum absolute atomic E-state index is 14.1. The van der Waals surface area contributed by atoms with E-state index in [1.165, 1.54) is 17.8 Å². The van der Waals surface area contributed by atoms with Crippen molar-refractivity contribution in [3.05, 3.63) is 53.0 Å². The SMILES string of the molecule is CC(C)Cn1c(SCC(=O)N2CCN(Cc3c(F)cccc3Cl)CC2)nnc1-c1ccco1. The van der Waals surface area contributed by atoms with Crippen molar-refractivity contribution >= 4 is 29.3 Å². The summed E-state index contributed by atoms with van der Waals surface area (Å²) in [6.45, 7) is 7.97. The predicted molar refractivity (Wildman–Crippen MR) is 127 cm³/mol. The van der Waals surface area contributed by atoms with Crippen LogP contribution in [-0.2, 0) is 17.9 Å². The minimum absolute atomic E-state index is 0.0576. The quantitative estimate of drug-likeness (QED) is 0.434. The van der Waals surface area contributed by atoms with Crippen LogP contribution in [0.5, 0.6) is 0 Å². The van der Waals surface area contributed by atoms with E-state index in [2.05, 4.69) is 28.9 Å². The number of rotatable bonds is 8. The van der Waals surface area contributed by atoms with Crippen LogP contribution in [0.1, 0.15) is 19.4 Å². The van der Waals surface area contributed by atoms with Gasteiger partial charge in [-0.2, -0.15) is 0 Å². The second-order valence-corrected chi connectivity index (χ2v) is 9.78. The molecule has 0 bridgehead atoms. The largest absolute Gasteiger partial charge is 0.461 e. The van der Waals surface area contributed by atoms with Gasteiger partial charge in [-0.3, -0.25) is 14.3 Å². The molecule has 3 heterocycles. The first-order valence-corrected chi connectivity index (χ1v) is 12.3. The summed E-state index contributed by atoms with van der Waals surface area (Å²) >= 11 is 7.55. The fraction of sp³-hybridized carbons (Fsp3) is 0.435. The fourth-order valence-electron chi connectivity index (χ4n) is 3.79. The number of aromatic nitrogens is 3. The van der Waals surface area contributed by atoms with E-state index in [0.29, 0.717) is 66.0 Å². The predicted octanol–water partition coefficient (Wildman–Crippen LogP) is 4.42. The number of nitrogens with zero attached hydrogens (tertiary/aromatic N) is 5. The Hall–Kier alpha value is -2.36. The Labute approximate surface area is 201 Å². The average Bonchev–Trinajstić information content (AvgIpc) is 3.45. The highest BCUT2D eigenvalue weighted by Crippen LogP contribution is 2.26. The van der Waals surface area contributed by atoms with Crippen molar-refractivity contribution in [3.8, 4) is 11.6 Å². The second-order valence-electron chi connectivity index (χ2n) is 8.43. The molecular formula is C23H27ClFN5O2S. The zero-order valence-electron chi connectivity index (χ0n) is 18.7. The molecule has 4 rings (SSSR count). The number of piperazine rings is 1. The van der Waals surface area contributed by atoms with Crippen LogP contribution >= 0.6 is 23.4 Å². The van der Waals surface area contributed by atoms with Gasteiger partial charge < -0.3 is 9.32 Å². The minimum atomic E-state index is -0.295. The molecule has 0 saturated carbocycles. The van der Waals surface area contributed by atoms with E-state index in [9.17, 15) is 9.18 Å². The third kappa shape index (κ3) is 5.77. The normalized spacial score (nSPS) is 14.9. The highest BCUT2D eigenvalue weighted by molar-refractivity contribution is 7.99. The summed E-state index contributed by atoms with van der Waals surface area (Å²) in [5.41, 5.74) is 0.506. The number of benzene rings is 1. The van der Waals surface area contributed by atoms with Crippen LogP contribution in [-0.4, -0.2) is 62.4 Å². The topological polar surface area (TPSA) is 67.4 Å². The number of carbonyl (C=O) groups is 1. The molecule has 0 N–H and O–H groups in total. The van der Waals surface area contributed by atoms with Crippen molar-refractivity contribution in [2.24, 2.45) is 5.92 Å². The number of hydrogen-bond donors (Lipinski definition) is 0. The van der Waals surface area contributed by atoms with Crippen molar-refractivity contribution in [3.63, 3.8) is 0 Å². The van der Waals surface area contributed by atoms with Crippen LogP contribution in [0.4, 0.5) is 4.39 Å². The lowest BCUT2D eigenvalue weighted by Crippen LogP contribution is -2.48. The van der Waals surface area contributed by atoms with E-state index in [-0.39, 0.29) is 17.5 Å².